The van der Waals surface area contributed by atoms with E-state index in [0.29, 0.717) is 18.0 Å². The van der Waals surface area contributed by atoms with Crippen LogP contribution in [0.5, 0.6) is 0 Å². The minimum absolute atomic E-state index is 0. The average Bonchev–Trinajstić information content (AvgIpc) is 2.53. The summed E-state index contributed by atoms with van der Waals surface area (Å²) in [5, 5.41) is 2.68. The van der Waals surface area contributed by atoms with Crippen LogP contribution < -0.4 is 11.1 Å². The van der Waals surface area contributed by atoms with E-state index in [9.17, 15) is 9.59 Å². The Morgan fingerprint density at radius 3 is 2.68 bits per heavy atom. The summed E-state index contributed by atoms with van der Waals surface area (Å²) in [6, 6.07) is 9.01. The third-order valence-corrected chi connectivity index (χ3v) is 3.99. The van der Waals surface area contributed by atoms with Crippen LogP contribution in [0.3, 0.4) is 0 Å². The summed E-state index contributed by atoms with van der Waals surface area (Å²) in [6.45, 7) is 3.47. The highest BCUT2D eigenvalue weighted by molar-refractivity contribution is 5.96. The van der Waals surface area contributed by atoms with E-state index in [0.717, 1.165) is 19.4 Å². The van der Waals surface area contributed by atoms with E-state index < -0.39 is 0 Å². The van der Waals surface area contributed by atoms with E-state index >= 15 is 0 Å². The Bertz CT molecular complexity index is 493. The summed E-state index contributed by atoms with van der Waals surface area (Å²) in [5.41, 5.74) is 6.49. The van der Waals surface area contributed by atoms with Gasteiger partial charge in [0.05, 0.1) is 6.54 Å². The first-order valence-electron chi connectivity index (χ1n) is 7.44. The first kappa shape index (κ1) is 18.5. The summed E-state index contributed by atoms with van der Waals surface area (Å²) in [7, 11) is 0. The van der Waals surface area contributed by atoms with E-state index in [1.54, 1.807) is 24.3 Å². The minimum atomic E-state index is -0.218. The van der Waals surface area contributed by atoms with Gasteiger partial charge in [0.25, 0.3) is 5.91 Å². The van der Waals surface area contributed by atoms with E-state index in [1.807, 2.05) is 17.9 Å². The summed E-state index contributed by atoms with van der Waals surface area (Å²) in [4.78, 5) is 25.9. The zero-order valence-electron chi connectivity index (χ0n) is 12.8. The van der Waals surface area contributed by atoms with Crippen LogP contribution in [0.1, 0.15) is 30.1 Å². The van der Waals surface area contributed by atoms with Gasteiger partial charge in [-0.05, 0) is 37.8 Å². The van der Waals surface area contributed by atoms with Gasteiger partial charge in [0.2, 0.25) is 5.91 Å². The van der Waals surface area contributed by atoms with Gasteiger partial charge < -0.3 is 16.0 Å². The fourth-order valence-electron chi connectivity index (χ4n) is 2.62. The largest absolute Gasteiger partial charge is 0.343 e. The van der Waals surface area contributed by atoms with E-state index in [1.165, 1.54) is 0 Å². The topological polar surface area (TPSA) is 75.4 Å². The van der Waals surface area contributed by atoms with Gasteiger partial charge in [-0.3, -0.25) is 9.59 Å². The molecule has 1 aliphatic heterocycles. The molecule has 2 rings (SSSR count). The van der Waals surface area contributed by atoms with Gasteiger partial charge in [-0.2, -0.15) is 0 Å². The van der Waals surface area contributed by atoms with Gasteiger partial charge in [-0.1, -0.05) is 18.2 Å². The number of nitrogens with one attached hydrogen (secondary N) is 1. The highest BCUT2D eigenvalue weighted by Gasteiger charge is 2.25. The Labute approximate surface area is 137 Å². The fourth-order valence-corrected chi connectivity index (χ4v) is 2.62. The molecule has 0 spiro atoms. The Hall–Kier alpha value is -1.59. The highest BCUT2D eigenvalue weighted by Crippen LogP contribution is 2.18. The predicted octanol–water partition coefficient (Wildman–Crippen LogP) is 1.42. The summed E-state index contributed by atoms with van der Waals surface area (Å²) in [5.74, 6) is 0.0989. The van der Waals surface area contributed by atoms with Gasteiger partial charge in [-0.25, -0.2) is 0 Å². The molecule has 1 fully saturated rings. The van der Waals surface area contributed by atoms with E-state index in [2.05, 4.69) is 5.32 Å². The fraction of sp³-hybridized carbons (Fsp3) is 0.500. The van der Waals surface area contributed by atoms with Crippen molar-refractivity contribution in [3.63, 3.8) is 0 Å². The molecule has 1 aromatic carbocycles. The highest BCUT2D eigenvalue weighted by atomic mass is 35.5. The molecule has 1 saturated heterocycles. The Kier molecular flexibility index (Phi) is 7.35. The van der Waals surface area contributed by atoms with Gasteiger partial charge in [0, 0.05) is 24.7 Å². The first-order chi connectivity index (χ1) is 10.1. The van der Waals surface area contributed by atoms with Gasteiger partial charge >= 0.3 is 0 Å². The van der Waals surface area contributed by atoms with E-state index in [4.69, 9.17) is 5.73 Å². The number of hydrogen-bond acceptors (Lipinski definition) is 3. The number of nitrogens with two attached hydrogens (primary N) is 1. The summed E-state index contributed by atoms with van der Waals surface area (Å²) < 4.78 is 0. The molecule has 0 radical (unpaired) electrons. The number of hydrogen-bond donors (Lipinski definition) is 2. The number of amides is 2. The number of nitrogens with zero attached hydrogens (tertiary/aromatic N) is 1. The average molecular weight is 326 g/mol. The number of carbonyl (C=O) groups excluding carboxylic acids is 2. The number of carbonyl (C=O) groups is 2. The molecule has 0 aliphatic carbocycles. The van der Waals surface area contributed by atoms with Crippen molar-refractivity contribution in [2.45, 2.75) is 25.8 Å². The number of halogens is 1. The van der Waals surface area contributed by atoms with Crippen molar-refractivity contribution in [3.8, 4) is 0 Å². The normalized spacial score (nSPS) is 19.0. The molecule has 22 heavy (non-hydrogen) atoms. The molecule has 2 unspecified atom stereocenters. The van der Waals surface area contributed by atoms with Crippen molar-refractivity contribution >= 4 is 24.2 Å². The summed E-state index contributed by atoms with van der Waals surface area (Å²) >= 11 is 0. The van der Waals surface area contributed by atoms with Gasteiger partial charge in [-0.15, -0.1) is 12.4 Å². The van der Waals surface area contributed by atoms with Crippen molar-refractivity contribution < 1.29 is 9.59 Å². The zero-order valence-corrected chi connectivity index (χ0v) is 13.6. The zero-order chi connectivity index (χ0) is 15.2. The number of benzene rings is 1. The van der Waals surface area contributed by atoms with E-state index in [-0.39, 0.29) is 36.8 Å². The lowest BCUT2D eigenvalue weighted by Crippen LogP contribution is -2.48. The van der Waals surface area contributed by atoms with Crippen molar-refractivity contribution in [1.82, 2.24) is 10.2 Å². The molecule has 0 aromatic heterocycles. The third kappa shape index (κ3) is 5.00. The third-order valence-electron chi connectivity index (χ3n) is 3.99. The molecule has 1 heterocycles. The molecular formula is C16H24ClN3O2. The van der Waals surface area contributed by atoms with Crippen molar-refractivity contribution in [2.24, 2.45) is 11.7 Å². The lowest BCUT2D eigenvalue weighted by atomic mass is 9.92. The second-order valence-corrected chi connectivity index (χ2v) is 5.65. The molecule has 3 N–H and O–H groups in total. The lowest BCUT2D eigenvalue weighted by molar-refractivity contribution is -0.132. The van der Waals surface area contributed by atoms with Crippen LogP contribution in [0.25, 0.3) is 0 Å². The molecule has 122 valence electrons. The quantitative estimate of drug-likeness (QED) is 0.879. The second-order valence-electron chi connectivity index (χ2n) is 5.65. The maximum absolute atomic E-state index is 12.2. The SMILES string of the molecule is CC(N)C1CCCN(C(=O)CNC(=O)c2ccccc2)C1.Cl. The molecule has 6 heteroatoms. The monoisotopic (exact) mass is 325 g/mol. The lowest BCUT2D eigenvalue weighted by Gasteiger charge is -2.34. The van der Waals surface area contributed by atoms with Crippen LogP contribution in [0.15, 0.2) is 30.3 Å². The minimum Gasteiger partial charge on any atom is -0.343 e. The second kappa shape index (κ2) is 8.76. The first-order valence-corrected chi connectivity index (χ1v) is 7.44. The van der Waals surface area contributed by atoms with Crippen molar-refractivity contribution in [3.05, 3.63) is 35.9 Å². The standard InChI is InChI=1S/C16H23N3O2.ClH/c1-12(17)14-8-5-9-19(11-14)15(20)10-18-16(21)13-6-3-2-4-7-13;/h2-4,6-7,12,14H,5,8-11,17H2,1H3,(H,18,21);1H. The smallest absolute Gasteiger partial charge is 0.251 e. The van der Waals surface area contributed by atoms with Crippen LogP contribution >= 0.6 is 12.4 Å². The molecule has 0 bridgehead atoms. The molecule has 2 atom stereocenters. The van der Waals surface area contributed by atoms with Gasteiger partial charge in [0.1, 0.15) is 0 Å². The Balaban J connectivity index is 0.00000242. The van der Waals surface area contributed by atoms with Crippen LogP contribution in [0.2, 0.25) is 0 Å². The number of piperidine rings is 1. The van der Waals surface area contributed by atoms with Crippen LogP contribution in [0, 0.1) is 5.92 Å². The summed E-state index contributed by atoms with van der Waals surface area (Å²) in [6.07, 6.45) is 2.04. The maximum Gasteiger partial charge on any atom is 0.251 e. The molecular weight excluding hydrogens is 302 g/mol. The molecule has 5 nitrogen and oxygen atoms in total. The molecule has 1 aromatic rings. The molecule has 2 amide bonds. The Morgan fingerprint density at radius 2 is 2.05 bits per heavy atom. The maximum atomic E-state index is 12.2. The molecule has 0 saturated carbocycles. The van der Waals surface area contributed by atoms with Crippen molar-refractivity contribution in [2.75, 3.05) is 19.6 Å². The predicted molar refractivity (Wildman–Crippen MR) is 89.0 cm³/mol. The number of likely N-dealkylation sites (tertiary alicyclic amines) is 1. The van der Waals surface area contributed by atoms with Crippen molar-refractivity contribution in [1.29, 1.82) is 0 Å². The number of rotatable bonds is 4. The van der Waals surface area contributed by atoms with Gasteiger partial charge in [0.15, 0.2) is 0 Å². The van der Waals surface area contributed by atoms with Crippen LogP contribution in [-0.2, 0) is 4.79 Å². The molecule has 1 aliphatic rings. The van der Waals surface area contributed by atoms with Crippen LogP contribution in [0.4, 0.5) is 0 Å². The Morgan fingerprint density at radius 1 is 1.36 bits per heavy atom. The van der Waals surface area contributed by atoms with Crippen LogP contribution in [-0.4, -0.2) is 42.4 Å².